The van der Waals surface area contributed by atoms with E-state index >= 15 is 0 Å². The molecule has 6 atom stereocenters. The number of methoxy groups -OCH3 is 1. The number of carbonyl (C=O) groups is 9. The minimum atomic E-state index is -0.783. The number of hydrogen-bond acceptors (Lipinski definition) is 15. The molecular weight excluding hydrogens is 1670 g/mol. The number of halogens is 3. The number of carbonyl (C=O) groups excluding carboxylic acids is 9. The molecule has 1 saturated carbocycles. The van der Waals surface area contributed by atoms with Crippen molar-refractivity contribution in [3.63, 3.8) is 0 Å². The van der Waals surface area contributed by atoms with Crippen LogP contribution < -0.4 is 25.6 Å². The van der Waals surface area contributed by atoms with Crippen LogP contribution in [0.2, 0.25) is 0 Å². The zero-order valence-electron chi connectivity index (χ0n) is 74.2. The van der Waals surface area contributed by atoms with Crippen LogP contribution in [0, 0.1) is 34.7 Å². The second kappa shape index (κ2) is 41.4. The van der Waals surface area contributed by atoms with Crippen LogP contribution in [-0.2, 0) is 48.3 Å². The third-order valence-corrected chi connectivity index (χ3v) is 31.5. The molecule has 10 heterocycles. The van der Waals surface area contributed by atoms with Gasteiger partial charge in [0.25, 0.3) is 0 Å². The number of piperidine rings is 3. The molecule has 0 bridgehead atoms. The van der Waals surface area contributed by atoms with Crippen LogP contribution in [0.4, 0.5) is 50.3 Å². The van der Waals surface area contributed by atoms with Gasteiger partial charge in [0.2, 0.25) is 35.4 Å². The first-order valence-electron chi connectivity index (χ1n) is 45.7. The zero-order valence-corrected chi connectivity index (χ0v) is 76.7. The maximum Gasteiger partial charge on any atom is 0.322 e. The molecule has 0 radical (unpaired) electrons. The summed E-state index contributed by atoms with van der Waals surface area (Å²) in [5.41, 5.74) is 8.97. The first-order valence-corrected chi connectivity index (χ1v) is 48.5. The molecule has 24 nitrogen and oxygen atoms in total. The van der Waals surface area contributed by atoms with Crippen LogP contribution in [0.3, 0.4) is 0 Å². The van der Waals surface area contributed by atoms with Gasteiger partial charge < -0.3 is 74.6 Å². The van der Waals surface area contributed by atoms with E-state index in [9.17, 15) is 56.3 Å². The molecule has 3 N–H and O–H groups in total. The van der Waals surface area contributed by atoms with Crippen molar-refractivity contribution in [1.82, 2.24) is 49.0 Å². The second-order valence-corrected chi connectivity index (χ2v) is 41.1. The largest absolute Gasteiger partial charge is 0.494 e. The van der Waals surface area contributed by atoms with Crippen LogP contribution in [0.1, 0.15) is 188 Å². The Kier molecular flexibility index (Phi) is 30.0. The van der Waals surface area contributed by atoms with Gasteiger partial charge in [0.1, 0.15) is 27.8 Å². The van der Waals surface area contributed by atoms with E-state index in [1.807, 2.05) is 96.1 Å². The van der Waals surface area contributed by atoms with Crippen LogP contribution >= 0.6 is 35.3 Å². The van der Waals surface area contributed by atoms with Crippen LogP contribution in [0.25, 0.3) is 0 Å². The van der Waals surface area contributed by atoms with Gasteiger partial charge in [-0.05, 0) is 166 Å². The third kappa shape index (κ3) is 21.9. The number of anilines is 4. The van der Waals surface area contributed by atoms with Gasteiger partial charge in [-0.3, -0.25) is 28.8 Å². The highest BCUT2D eigenvalue weighted by molar-refractivity contribution is 8.01. The Morgan fingerprint density at radius 1 is 0.480 bits per heavy atom. The molecule has 17 rings (SSSR count). The second-order valence-electron chi connectivity index (χ2n) is 37.3. The van der Waals surface area contributed by atoms with Gasteiger partial charge in [0, 0.05) is 172 Å². The van der Waals surface area contributed by atoms with E-state index in [0.717, 1.165) is 118 Å². The summed E-state index contributed by atoms with van der Waals surface area (Å²) in [5, 5.41) is 6.17. The van der Waals surface area contributed by atoms with Crippen molar-refractivity contribution in [1.29, 1.82) is 0 Å². The maximum atomic E-state index is 14.9. The highest BCUT2D eigenvalue weighted by Crippen LogP contribution is 2.51. The highest BCUT2D eigenvalue weighted by Gasteiger charge is 2.49. The maximum absolute atomic E-state index is 14.9. The predicted octanol–water partition coefficient (Wildman–Crippen LogP) is 16.7. The molecule has 1 aliphatic carbocycles. The highest BCUT2D eigenvalue weighted by atomic mass is 32.2. The molecule has 11 aliphatic rings. The number of likely N-dealkylation sites (tertiary alicyclic amines) is 3. The summed E-state index contributed by atoms with van der Waals surface area (Å²) < 4.78 is 49.4. The quantitative estimate of drug-likeness (QED) is 0.0608. The number of urea groups is 3. The van der Waals surface area contributed by atoms with Crippen molar-refractivity contribution < 1.29 is 62.5 Å². The fourth-order valence-electron chi connectivity index (χ4n) is 19.6. The Morgan fingerprint density at radius 3 is 1.43 bits per heavy atom. The van der Waals surface area contributed by atoms with E-state index in [2.05, 4.69) is 97.7 Å². The number of para-hydroxylation sites is 4. The summed E-state index contributed by atoms with van der Waals surface area (Å²) in [5.74, 6) is -1.26. The number of hydrogen-bond donors (Lipinski definition) is 3. The van der Waals surface area contributed by atoms with Gasteiger partial charge >= 0.3 is 18.1 Å². The molecule has 7 saturated heterocycles. The van der Waals surface area contributed by atoms with Gasteiger partial charge in [0.05, 0.1) is 28.4 Å². The van der Waals surface area contributed by atoms with Crippen LogP contribution in [0.5, 0.6) is 5.75 Å². The number of thioether (sulfide) groups is 3. The average molecular weight is 1800 g/mol. The average Bonchev–Trinajstić information content (AvgIpc) is 1.67. The van der Waals surface area contributed by atoms with Crippen molar-refractivity contribution in [3.05, 3.63) is 184 Å². The molecule has 12 amide bonds. The molecule has 4 unspecified atom stereocenters. The van der Waals surface area contributed by atoms with Gasteiger partial charge in [-0.25, -0.2) is 27.6 Å². The fraction of sp³-hybridized carbons (Fsp3) is 0.536. The Hall–Kier alpha value is -9.65. The SMILES string of the molecule is CN1CCN(c2ccccc2[C@H]2S[C@@H](CC(=O)N3CCC(N4Cc5ccccc5NC4=O)CC3)C(=O)N2CCC(C)(C)C)CC1.COc1ccc(C2SC(CC(=O)N3CCC(N4Cc5ccccc5NC4=O)CC3)C(=O)N2CCC(C)C)cc1F.O=C(CC1SC(c2c(F)cccc2F)N(CC2CCCCC2)C1=O)N1CCC(N2CCc3ccccc3NC2=O)CC1.[HH]. The molecule has 6 aromatic carbocycles. The summed E-state index contributed by atoms with van der Waals surface area (Å²) in [6.45, 7) is 21.6. The Labute approximate surface area is 759 Å². The van der Waals surface area contributed by atoms with Crippen molar-refractivity contribution in [3.8, 4) is 5.75 Å². The number of amides is 12. The Bertz CT molecular complexity index is 4940. The van der Waals surface area contributed by atoms with Crippen molar-refractivity contribution in [2.45, 2.75) is 207 Å². The number of fused-ring (bicyclic) bond motifs is 3. The lowest BCUT2D eigenvalue weighted by atomic mass is 9.88. The standard InChI is InChI=1S/C35H48N6O3S.C32H38F2N4O3S.C30H37FN4O4S.H2/c1-35(2,3)15-18-40-32(43)30(45-33(40)27-10-6-8-12-29(27)38-21-19-37(4)20-22-38)23-31(42)39-16-13-26(14-17-39)41-24-25-9-5-7-11-28(25)36-34(41)44;33-24-10-6-11-25(34)29(24)31-38(20-21-7-2-1-3-8-21)30(40)27(42-31)19-28(39)36-16-14-23(15-17-36)37-18-13-22-9-4-5-12-26(22)35-32(37)41;1-19(2)10-15-34-28(37)26(40-29(34)20-8-9-25(39-3)23(31)16-20)17-27(36)33-13-11-22(12-14-33)35-18-21-6-4-5-7-24(21)32-30(35)38;/h5-12,26,30,33H,13-24H2,1-4H3,(H,36,44);4-6,9-12,21,23,27,31H,1-3,7-8,13-20H2,(H,35,41);4-9,16,19,22,26,29H,10-15,17-18H2,1-3H3,(H,32,38);1H/t30-,33+;;;/m0.../s1. The monoisotopic (exact) mass is 1800 g/mol. The van der Waals surface area contributed by atoms with Crippen molar-refractivity contribution in [2.75, 3.05) is 127 Å². The molecular formula is C97H125F3N14O10S3. The normalized spacial score (nSPS) is 23.0. The number of nitrogens with zero attached hydrogens (tertiary/aromatic N) is 11. The molecule has 30 heteroatoms. The first kappa shape index (κ1) is 92.1. The van der Waals surface area contributed by atoms with Crippen molar-refractivity contribution >= 4 is 112 Å². The van der Waals surface area contributed by atoms with E-state index < -0.39 is 38.6 Å². The summed E-state index contributed by atoms with van der Waals surface area (Å²) in [4.78, 5) is 142. The van der Waals surface area contributed by atoms with Gasteiger partial charge in [-0.15, -0.1) is 35.3 Å². The third-order valence-electron chi connectivity index (χ3n) is 27.1. The number of piperazine rings is 1. The number of nitrogens with one attached hydrogen (secondary N) is 3. The predicted molar refractivity (Wildman–Crippen MR) is 496 cm³/mol. The van der Waals surface area contributed by atoms with Gasteiger partial charge in [-0.1, -0.05) is 139 Å². The van der Waals surface area contributed by atoms with Crippen LogP contribution in [0.15, 0.2) is 133 Å². The number of likely N-dealkylation sites (N-methyl/N-ethyl adjacent to an activating group) is 1. The molecule has 682 valence electrons. The van der Waals surface area contributed by atoms with Crippen molar-refractivity contribution in [2.24, 2.45) is 17.3 Å². The summed E-state index contributed by atoms with van der Waals surface area (Å²) >= 11 is 4.27. The number of benzene rings is 6. The number of ether oxygens (including phenoxy) is 1. The first-order chi connectivity index (χ1) is 61.2. The van der Waals surface area contributed by atoms with E-state index in [4.69, 9.17) is 4.74 Å². The lowest BCUT2D eigenvalue weighted by molar-refractivity contribution is -0.137. The molecule has 6 aromatic rings. The molecule has 0 spiro atoms. The number of rotatable bonds is 21. The Morgan fingerprint density at radius 2 is 0.929 bits per heavy atom. The van der Waals surface area contributed by atoms with E-state index in [0.29, 0.717) is 122 Å². The summed E-state index contributed by atoms with van der Waals surface area (Å²) in [7, 11) is 3.59. The lowest BCUT2D eigenvalue weighted by Crippen LogP contribution is -2.51. The summed E-state index contributed by atoms with van der Waals surface area (Å²) in [6.07, 6.45) is 12.4. The molecule has 8 fully saturated rings. The molecule has 0 aromatic heterocycles. The fourth-order valence-corrected chi connectivity index (χ4v) is 24.0. The topological polar surface area (TPSA) is 235 Å². The van der Waals surface area contributed by atoms with Gasteiger partial charge in [-0.2, -0.15) is 0 Å². The van der Waals surface area contributed by atoms with Gasteiger partial charge in [0.15, 0.2) is 11.6 Å². The van der Waals surface area contributed by atoms with Crippen LogP contribution in [-0.4, -0.2) is 242 Å². The molecule has 127 heavy (non-hydrogen) atoms. The minimum absolute atomic E-state index is 0. The van der Waals surface area contributed by atoms with E-state index in [-0.39, 0.29) is 120 Å². The van der Waals surface area contributed by atoms with E-state index in [1.54, 1.807) is 38.6 Å². The zero-order chi connectivity index (χ0) is 89.3. The summed E-state index contributed by atoms with van der Waals surface area (Å²) in [6, 6.07) is 40.6. The minimum Gasteiger partial charge on any atom is -0.494 e. The van der Waals surface area contributed by atoms with E-state index in [1.165, 1.54) is 72.6 Å². The lowest BCUT2D eigenvalue weighted by Gasteiger charge is -2.40. The smallest absolute Gasteiger partial charge is 0.322 e. The Balaban J connectivity index is 0.000000155. The molecule has 10 aliphatic heterocycles.